The average molecular weight is 187 g/mol. The van der Waals surface area contributed by atoms with Crippen molar-refractivity contribution in [2.75, 3.05) is 32.8 Å². The molecule has 0 bridgehead atoms. The topological polar surface area (TPSA) is 73.4 Å². The van der Waals surface area contributed by atoms with Gasteiger partial charge in [-0.2, -0.15) is 0 Å². The van der Waals surface area contributed by atoms with Crippen molar-refractivity contribution < 1.29 is 9.90 Å². The van der Waals surface area contributed by atoms with E-state index in [1.807, 2.05) is 0 Å². The van der Waals surface area contributed by atoms with Crippen LogP contribution in [0.2, 0.25) is 0 Å². The molecule has 1 saturated heterocycles. The average Bonchev–Trinajstić information content (AvgIpc) is 2.02. The molecule has 0 unspecified atom stereocenters. The van der Waals surface area contributed by atoms with E-state index in [1.165, 1.54) is 0 Å². The monoisotopic (exact) mass is 187 g/mol. The van der Waals surface area contributed by atoms with Gasteiger partial charge in [-0.15, -0.1) is 0 Å². The summed E-state index contributed by atoms with van der Waals surface area (Å²) in [6.45, 7) is 3.38. The van der Waals surface area contributed by atoms with Gasteiger partial charge in [-0.3, -0.25) is 0 Å². The molecular formula is C8H17N3O2. The first-order chi connectivity index (χ1) is 6.33. The zero-order chi connectivity index (χ0) is 9.52. The minimum atomic E-state index is -0.139. The van der Waals surface area contributed by atoms with E-state index in [2.05, 4.69) is 16.0 Å². The number of carbonyl (C=O) groups is 1. The van der Waals surface area contributed by atoms with Crippen LogP contribution in [0.5, 0.6) is 0 Å². The number of amides is 2. The van der Waals surface area contributed by atoms with Crippen LogP contribution < -0.4 is 16.0 Å². The van der Waals surface area contributed by atoms with Crippen molar-refractivity contribution in [3.05, 3.63) is 0 Å². The SMILES string of the molecule is O=C(NCCCO)NCC1CNC1. The third-order valence-electron chi connectivity index (χ3n) is 2.04. The Labute approximate surface area is 77.9 Å². The third-order valence-corrected chi connectivity index (χ3v) is 2.04. The van der Waals surface area contributed by atoms with Crippen molar-refractivity contribution in [2.45, 2.75) is 6.42 Å². The van der Waals surface area contributed by atoms with Gasteiger partial charge in [0.1, 0.15) is 0 Å². The zero-order valence-corrected chi connectivity index (χ0v) is 7.68. The molecule has 4 N–H and O–H groups in total. The molecule has 1 rings (SSSR count). The Bertz CT molecular complexity index is 159. The summed E-state index contributed by atoms with van der Waals surface area (Å²) in [5.74, 6) is 0.587. The number of carbonyl (C=O) groups excluding carboxylic acids is 1. The molecule has 1 aliphatic rings. The van der Waals surface area contributed by atoms with Gasteiger partial charge in [0.15, 0.2) is 0 Å². The molecule has 5 heteroatoms. The quantitative estimate of drug-likeness (QED) is 0.412. The number of hydrogen-bond donors (Lipinski definition) is 4. The molecule has 0 spiro atoms. The standard InChI is InChI=1S/C8H17N3O2/c12-3-1-2-10-8(13)11-6-7-4-9-5-7/h7,9,12H,1-6H2,(H2,10,11,13). The summed E-state index contributed by atoms with van der Waals surface area (Å²) in [6, 6.07) is -0.139. The van der Waals surface area contributed by atoms with E-state index in [-0.39, 0.29) is 12.6 Å². The van der Waals surface area contributed by atoms with Crippen molar-refractivity contribution in [3.8, 4) is 0 Å². The maximum atomic E-state index is 11.0. The highest BCUT2D eigenvalue weighted by Gasteiger charge is 2.16. The Kier molecular flexibility index (Phi) is 4.56. The summed E-state index contributed by atoms with van der Waals surface area (Å²) >= 11 is 0. The number of rotatable bonds is 5. The smallest absolute Gasteiger partial charge is 0.314 e. The summed E-state index contributed by atoms with van der Waals surface area (Å²) in [6.07, 6.45) is 0.610. The van der Waals surface area contributed by atoms with E-state index in [1.54, 1.807) is 0 Å². The molecule has 0 aliphatic carbocycles. The van der Waals surface area contributed by atoms with Crippen molar-refractivity contribution in [1.29, 1.82) is 0 Å². The van der Waals surface area contributed by atoms with Crippen LogP contribution in [0.4, 0.5) is 4.79 Å². The van der Waals surface area contributed by atoms with Gasteiger partial charge >= 0.3 is 6.03 Å². The van der Waals surface area contributed by atoms with Crippen molar-refractivity contribution >= 4 is 6.03 Å². The summed E-state index contributed by atoms with van der Waals surface area (Å²) in [7, 11) is 0. The molecule has 0 aromatic rings. The fraction of sp³-hybridized carbons (Fsp3) is 0.875. The largest absolute Gasteiger partial charge is 0.396 e. The van der Waals surface area contributed by atoms with Gasteiger partial charge < -0.3 is 21.1 Å². The van der Waals surface area contributed by atoms with Crippen LogP contribution in [0.3, 0.4) is 0 Å². The first kappa shape index (κ1) is 10.3. The first-order valence-corrected chi connectivity index (χ1v) is 4.66. The molecule has 0 aromatic heterocycles. The van der Waals surface area contributed by atoms with Crippen LogP contribution in [-0.2, 0) is 0 Å². The van der Waals surface area contributed by atoms with E-state index in [4.69, 9.17) is 5.11 Å². The number of aliphatic hydroxyl groups is 1. The lowest BCUT2D eigenvalue weighted by atomic mass is 10.0. The van der Waals surface area contributed by atoms with Crippen LogP contribution in [0.25, 0.3) is 0 Å². The van der Waals surface area contributed by atoms with Gasteiger partial charge in [-0.1, -0.05) is 0 Å². The summed E-state index contributed by atoms with van der Waals surface area (Å²) in [4.78, 5) is 11.0. The van der Waals surface area contributed by atoms with Crippen molar-refractivity contribution in [2.24, 2.45) is 5.92 Å². The molecular weight excluding hydrogens is 170 g/mol. The number of nitrogens with one attached hydrogen (secondary N) is 3. The Morgan fingerprint density at radius 2 is 2.23 bits per heavy atom. The Hall–Kier alpha value is -0.810. The molecule has 1 aliphatic heterocycles. The van der Waals surface area contributed by atoms with Crippen LogP contribution in [0.15, 0.2) is 0 Å². The van der Waals surface area contributed by atoms with Crippen LogP contribution in [0, 0.1) is 5.92 Å². The van der Waals surface area contributed by atoms with Gasteiger partial charge in [-0.25, -0.2) is 4.79 Å². The molecule has 1 heterocycles. The zero-order valence-electron chi connectivity index (χ0n) is 7.68. The fourth-order valence-corrected chi connectivity index (χ4v) is 1.07. The molecule has 13 heavy (non-hydrogen) atoms. The second kappa shape index (κ2) is 5.77. The Balaban J connectivity index is 1.90. The molecule has 5 nitrogen and oxygen atoms in total. The predicted octanol–water partition coefficient (Wildman–Crippen LogP) is -1.11. The van der Waals surface area contributed by atoms with E-state index >= 15 is 0 Å². The summed E-state index contributed by atoms with van der Waals surface area (Å²) < 4.78 is 0. The lowest BCUT2D eigenvalue weighted by Gasteiger charge is -2.27. The van der Waals surface area contributed by atoms with E-state index in [0.717, 1.165) is 19.6 Å². The summed E-state index contributed by atoms with van der Waals surface area (Å²) in [5.41, 5.74) is 0. The highest BCUT2D eigenvalue weighted by Crippen LogP contribution is 1.99. The lowest BCUT2D eigenvalue weighted by molar-refractivity contribution is 0.233. The second-order valence-electron chi connectivity index (χ2n) is 3.24. The normalized spacial score (nSPS) is 16.4. The maximum absolute atomic E-state index is 11.0. The highest BCUT2D eigenvalue weighted by molar-refractivity contribution is 5.73. The van der Waals surface area contributed by atoms with Gasteiger partial charge in [0.25, 0.3) is 0 Å². The van der Waals surface area contributed by atoms with Gasteiger partial charge in [-0.05, 0) is 6.42 Å². The van der Waals surface area contributed by atoms with Gasteiger partial charge in [0.05, 0.1) is 0 Å². The highest BCUT2D eigenvalue weighted by atomic mass is 16.3. The van der Waals surface area contributed by atoms with Gasteiger partial charge in [0.2, 0.25) is 0 Å². The minimum absolute atomic E-state index is 0.118. The fourth-order valence-electron chi connectivity index (χ4n) is 1.07. The third kappa shape index (κ3) is 4.10. The van der Waals surface area contributed by atoms with Crippen molar-refractivity contribution in [3.63, 3.8) is 0 Å². The predicted molar refractivity (Wildman–Crippen MR) is 49.5 cm³/mol. The molecule has 1 fully saturated rings. The second-order valence-corrected chi connectivity index (χ2v) is 3.24. The van der Waals surface area contributed by atoms with Crippen LogP contribution in [-0.4, -0.2) is 43.9 Å². The maximum Gasteiger partial charge on any atom is 0.314 e. The Morgan fingerprint density at radius 3 is 2.77 bits per heavy atom. The minimum Gasteiger partial charge on any atom is -0.396 e. The molecule has 2 amide bonds. The summed E-state index contributed by atoms with van der Waals surface area (Å²) in [5, 5.41) is 17.0. The molecule has 0 atom stereocenters. The first-order valence-electron chi connectivity index (χ1n) is 4.66. The number of urea groups is 1. The van der Waals surface area contributed by atoms with Gasteiger partial charge in [0, 0.05) is 38.7 Å². The van der Waals surface area contributed by atoms with Crippen LogP contribution >= 0.6 is 0 Å². The van der Waals surface area contributed by atoms with Crippen molar-refractivity contribution in [1.82, 2.24) is 16.0 Å². The molecule has 0 saturated carbocycles. The molecule has 0 aromatic carbocycles. The van der Waals surface area contributed by atoms with E-state index in [9.17, 15) is 4.79 Å². The Morgan fingerprint density at radius 1 is 1.46 bits per heavy atom. The van der Waals surface area contributed by atoms with Crippen LogP contribution in [0.1, 0.15) is 6.42 Å². The number of hydrogen-bond acceptors (Lipinski definition) is 3. The lowest BCUT2D eigenvalue weighted by Crippen LogP contribution is -2.49. The van der Waals surface area contributed by atoms with E-state index in [0.29, 0.717) is 18.9 Å². The molecule has 76 valence electrons. The van der Waals surface area contributed by atoms with E-state index < -0.39 is 0 Å². The number of aliphatic hydroxyl groups excluding tert-OH is 1. The molecule has 0 radical (unpaired) electrons.